The smallest absolute Gasteiger partial charge is 0.407 e. The zero-order chi connectivity index (χ0) is 34.2. The number of carbonyl (C=O) groups is 4. The maximum Gasteiger partial charge on any atom is 0.407 e. The third kappa shape index (κ3) is 5.77. The Morgan fingerprint density at radius 1 is 1.11 bits per heavy atom. The van der Waals surface area contributed by atoms with Crippen LogP contribution in [0.1, 0.15) is 39.5 Å². The highest BCUT2D eigenvalue weighted by Crippen LogP contribution is 2.69. The number of ether oxygens (including phenoxy) is 2. The number of nitrogens with one attached hydrogen (secondary N) is 1. The molecule has 3 fully saturated rings. The Bertz CT molecular complexity index is 1370. The van der Waals surface area contributed by atoms with Crippen LogP contribution >= 0.6 is 0 Å². The molecule has 9 atom stereocenters. The number of carbonyl (C=O) groups excluding carboxylic acids is 4. The Labute approximate surface area is 259 Å². The van der Waals surface area contributed by atoms with E-state index < -0.39 is 113 Å². The van der Waals surface area contributed by atoms with Gasteiger partial charge in [-0.05, 0) is 50.7 Å². The van der Waals surface area contributed by atoms with Crippen molar-refractivity contribution in [3.05, 3.63) is 44.0 Å². The topological polar surface area (TPSA) is 264 Å². The van der Waals surface area contributed by atoms with Crippen LogP contribution in [0.4, 0.5) is 9.18 Å². The number of esters is 1. The maximum absolute atomic E-state index is 17.2. The molecule has 0 radical (unpaired) electrons. The summed E-state index contributed by atoms with van der Waals surface area (Å²) >= 11 is 0. The minimum absolute atomic E-state index is 0.186. The number of fused-ring (bicyclic) bond motifs is 5. The van der Waals surface area contributed by atoms with Gasteiger partial charge in [0.25, 0.3) is 10.2 Å². The summed E-state index contributed by atoms with van der Waals surface area (Å²) in [4.78, 5) is 78.2. The van der Waals surface area contributed by atoms with Gasteiger partial charge in [-0.3, -0.25) is 14.4 Å². The monoisotopic (exact) mass is 659 g/mol. The van der Waals surface area contributed by atoms with Crippen molar-refractivity contribution in [2.45, 2.75) is 69.1 Å². The van der Waals surface area contributed by atoms with Crippen LogP contribution in [0.15, 0.2) is 23.8 Å². The molecule has 3 saturated carbocycles. The molecular weight excluding hydrogens is 625 g/mol. The molecule has 46 heavy (non-hydrogen) atoms. The number of aliphatic hydroxyl groups excluding tert-OH is 2. The van der Waals surface area contributed by atoms with Crippen molar-refractivity contribution in [3.8, 4) is 0 Å². The zero-order valence-electron chi connectivity index (χ0n) is 24.8. The third-order valence-electron chi connectivity index (χ3n) is 10.0. The molecule has 3 unspecified atom stereocenters. The molecule has 4 rings (SSSR count). The van der Waals surface area contributed by atoms with Crippen molar-refractivity contribution in [2.24, 2.45) is 22.7 Å². The minimum Gasteiger partial charge on any atom is -0.456 e. The molecule has 18 nitrogen and oxygen atoms in total. The Balaban J connectivity index is 1.37. The average Bonchev–Trinajstić information content (AvgIpc) is 3.18. The molecule has 4 N–H and O–H groups in total. The summed E-state index contributed by atoms with van der Waals surface area (Å²) in [5, 5.41) is 54.2. The van der Waals surface area contributed by atoms with E-state index in [4.69, 9.17) is 4.74 Å². The number of Topliss-reactive ketones (excluding diaryl/α,β-unsaturated/α-hetero) is 1. The molecule has 0 spiro atoms. The maximum atomic E-state index is 17.2. The van der Waals surface area contributed by atoms with E-state index in [2.05, 4.69) is 14.4 Å². The van der Waals surface area contributed by atoms with Gasteiger partial charge in [-0.15, -0.1) is 20.2 Å². The van der Waals surface area contributed by atoms with Gasteiger partial charge in [0, 0.05) is 16.7 Å². The summed E-state index contributed by atoms with van der Waals surface area (Å²) in [5.74, 6) is -4.28. The van der Waals surface area contributed by atoms with Gasteiger partial charge >= 0.3 is 12.1 Å². The second kappa shape index (κ2) is 12.5. The molecule has 0 aromatic rings. The molecule has 0 saturated heterocycles. The van der Waals surface area contributed by atoms with Crippen LogP contribution in [0.2, 0.25) is 0 Å². The summed E-state index contributed by atoms with van der Waals surface area (Å²) in [6.45, 7) is -0.700. The van der Waals surface area contributed by atoms with Crippen molar-refractivity contribution in [1.82, 2.24) is 5.32 Å². The highest BCUT2D eigenvalue weighted by atomic mass is 19.1. The molecule has 0 aromatic heterocycles. The zero-order valence-corrected chi connectivity index (χ0v) is 24.8. The summed E-state index contributed by atoms with van der Waals surface area (Å²) in [5.41, 5.74) is -7.14. The Morgan fingerprint density at radius 2 is 1.80 bits per heavy atom. The number of allylic oxidation sites excluding steroid dienone is 4. The van der Waals surface area contributed by atoms with Gasteiger partial charge in [0.05, 0.1) is 12.2 Å². The second-order valence-corrected chi connectivity index (χ2v) is 12.3. The normalized spacial score (nSPS) is 36.6. The Kier molecular flexibility index (Phi) is 9.43. The molecule has 0 aromatic carbocycles. The van der Waals surface area contributed by atoms with Gasteiger partial charge in [0.15, 0.2) is 29.8 Å². The van der Waals surface area contributed by atoms with E-state index >= 15 is 4.39 Å². The van der Waals surface area contributed by atoms with Crippen LogP contribution in [0.25, 0.3) is 0 Å². The lowest BCUT2D eigenvalue weighted by Gasteiger charge is -2.62. The standard InChI is InChI=1S/C27H34FN3O15/c1-24-6-5-15(32)7-14(24)3-4-17-18-8-19(33)27(38,25(18,2)9-20(34)26(17,24)28)21(35)13-43-22(36)10-29-23(37)44-11-16(46-31(41)42)12-45-30(39)40/h5-7,16-20,33-34,38H,3-4,8-13H2,1-2H3,(H,29,37)/t16?,17?,18?,19-,20+,24+,25+,26+,27+/m1/s1. The van der Waals surface area contributed by atoms with Gasteiger partial charge in [0.2, 0.25) is 5.78 Å². The molecule has 254 valence electrons. The Morgan fingerprint density at radius 3 is 2.46 bits per heavy atom. The number of amides is 1. The third-order valence-corrected chi connectivity index (χ3v) is 10.0. The van der Waals surface area contributed by atoms with Crippen LogP contribution in [0, 0.1) is 42.9 Å². The van der Waals surface area contributed by atoms with E-state index in [-0.39, 0.29) is 18.6 Å². The van der Waals surface area contributed by atoms with E-state index in [1.807, 2.05) is 5.32 Å². The van der Waals surface area contributed by atoms with Crippen molar-refractivity contribution < 1.29 is 68.2 Å². The van der Waals surface area contributed by atoms with Gasteiger partial charge in [-0.25, -0.2) is 9.18 Å². The van der Waals surface area contributed by atoms with E-state index in [0.717, 1.165) is 0 Å². The van der Waals surface area contributed by atoms with Gasteiger partial charge < -0.3 is 39.8 Å². The minimum atomic E-state index is -2.54. The summed E-state index contributed by atoms with van der Waals surface area (Å²) in [7, 11) is 0. The first-order valence-corrected chi connectivity index (χ1v) is 14.3. The fourth-order valence-electron chi connectivity index (χ4n) is 7.77. The second-order valence-electron chi connectivity index (χ2n) is 12.3. The molecular formula is C27H34FN3O15. The van der Waals surface area contributed by atoms with Crippen molar-refractivity contribution in [1.29, 1.82) is 0 Å². The summed E-state index contributed by atoms with van der Waals surface area (Å²) in [6.07, 6.45) is -2.43. The SMILES string of the molecule is C[C@]12C=CC(=O)C=C1CCC1C3C[C@@H](O)[C@](O)(C(=O)COC(=O)CNC(=O)OCC(CO[N+](=O)[O-])O[N+](=O)[O-])[C@@]3(C)C[C@H](O)[C@@]12F. The van der Waals surface area contributed by atoms with Gasteiger partial charge in [-0.1, -0.05) is 18.6 Å². The van der Waals surface area contributed by atoms with Crippen LogP contribution in [-0.4, -0.2) is 105 Å². The highest BCUT2D eigenvalue weighted by molar-refractivity contribution is 6.01. The fourth-order valence-corrected chi connectivity index (χ4v) is 7.77. The van der Waals surface area contributed by atoms with Crippen LogP contribution in [0.3, 0.4) is 0 Å². The molecule has 0 heterocycles. The first-order chi connectivity index (χ1) is 21.4. The first kappa shape index (κ1) is 34.6. The number of hydrogen-bond acceptors (Lipinski definition) is 15. The highest BCUT2D eigenvalue weighted by Gasteiger charge is 2.76. The number of alkyl carbamates (subject to hydrolysis) is 1. The molecule has 0 bridgehead atoms. The predicted molar refractivity (Wildman–Crippen MR) is 145 cm³/mol. The molecule has 4 aliphatic rings. The quantitative estimate of drug-likeness (QED) is 0.119. The number of nitrogens with zero attached hydrogens (tertiary/aromatic N) is 2. The lowest BCUT2D eigenvalue weighted by molar-refractivity contribution is -0.790. The number of alkyl halides is 1. The first-order valence-electron chi connectivity index (χ1n) is 14.3. The van der Waals surface area contributed by atoms with Crippen molar-refractivity contribution in [2.75, 3.05) is 26.4 Å². The Hall–Kier alpha value is -4.23. The average molecular weight is 660 g/mol. The van der Waals surface area contributed by atoms with E-state index in [1.54, 1.807) is 6.92 Å². The summed E-state index contributed by atoms with van der Waals surface area (Å²) in [6, 6.07) is 0. The van der Waals surface area contributed by atoms with E-state index in [0.29, 0.717) is 12.0 Å². The van der Waals surface area contributed by atoms with E-state index in [1.165, 1.54) is 25.2 Å². The van der Waals surface area contributed by atoms with Gasteiger partial charge in [0.1, 0.15) is 19.8 Å². The fraction of sp³-hybridized carbons (Fsp3) is 0.704. The molecule has 0 aliphatic heterocycles. The van der Waals surface area contributed by atoms with Crippen LogP contribution < -0.4 is 5.32 Å². The number of rotatable bonds is 12. The lowest BCUT2D eigenvalue weighted by Crippen LogP contribution is -2.69. The predicted octanol–water partition coefficient (Wildman–Crippen LogP) is -0.317. The molecule has 4 aliphatic carbocycles. The number of ketones is 2. The molecule has 19 heteroatoms. The van der Waals surface area contributed by atoms with Gasteiger partial charge in [-0.2, -0.15) is 0 Å². The van der Waals surface area contributed by atoms with Crippen molar-refractivity contribution in [3.63, 3.8) is 0 Å². The van der Waals surface area contributed by atoms with Crippen molar-refractivity contribution >= 4 is 23.6 Å². The lowest BCUT2D eigenvalue weighted by atomic mass is 9.44. The molecule has 1 amide bonds. The van der Waals surface area contributed by atoms with Crippen LogP contribution in [0.5, 0.6) is 0 Å². The van der Waals surface area contributed by atoms with Crippen LogP contribution in [-0.2, 0) is 33.5 Å². The number of hydrogen-bond donors (Lipinski definition) is 4. The summed E-state index contributed by atoms with van der Waals surface area (Å²) < 4.78 is 26.7. The number of aliphatic hydroxyl groups is 3. The largest absolute Gasteiger partial charge is 0.456 e. The number of halogens is 1. The van der Waals surface area contributed by atoms with E-state index in [9.17, 15) is 54.7 Å².